The SMILES string of the molecule is Cc1nc(C)c(C#N)c(SCc2nc(-c3ccccc3)oc2C)n1. The number of benzene rings is 1. The molecule has 0 saturated heterocycles. The van der Waals surface area contributed by atoms with Crippen molar-refractivity contribution in [1.82, 2.24) is 15.0 Å². The lowest BCUT2D eigenvalue weighted by Crippen LogP contribution is -1.99. The highest BCUT2D eigenvalue weighted by Gasteiger charge is 2.15. The Balaban J connectivity index is 1.84. The van der Waals surface area contributed by atoms with Crippen LogP contribution in [-0.4, -0.2) is 15.0 Å². The molecule has 0 atom stereocenters. The molecule has 0 unspecified atom stereocenters. The Morgan fingerprint density at radius 1 is 1.08 bits per heavy atom. The average molecular weight is 336 g/mol. The first-order valence-corrected chi connectivity index (χ1v) is 8.47. The number of hydrogen-bond donors (Lipinski definition) is 0. The molecule has 3 aromatic rings. The van der Waals surface area contributed by atoms with Crippen molar-refractivity contribution in [3.63, 3.8) is 0 Å². The summed E-state index contributed by atoms with van der Waals surface area (Å²) in [5.74, 6) is 2.64. The van der Waals surface area contributed by atoms with Crippen LogP contribution in [0.3, 0.4) is 0 Å². The lowest BCUT2D eigenvalue weighted by molar-refractivity contribution is 0.540. The number of nitriles is 1. The van der Waals surface area contributed by atoms with Crippen LogP contribution in [0.2, 0.25) is 0 Å². The zero-order valence-electron chi connectivity index (χ0n) is 13.7. The van der Waals surface area contributed by atoms with Gasteiger partial charge in [0.05, 0.1) is 11.4 Å². The second kappa shape index (κ2) is 6.85. The molecule has 0 N–H and O–H groups in total. The fraction of sp³-hybridized carbons (Fsp3) is 0.222. The van der Waals surface area contributed by atoms with E-state index in [0.717, 1.165) is 17.0 Å². The molecule has 5 nitrogen and oxygen atoms in total. The Morgan fingerprint density at radius 2 is 1.83 bits per heavy atom. The predicted molar refractivity (Wildman–Crippen MR) is 92.5 cm³/mol. The maximum Gasteiger partial charge on any atom is 0.226 e. The standard InChI is InChI=1S/C18H16N4OS/c1-11-15(9-19)18(21-13(3)20-11)24-10-16-12(2)23-17(22-16)14-7-5-4-6-8-14/h4-8H,10H2,1-3H3. The molecule has 0 spiro atoms. The van der Waals surface area contributed by atoms with E-state index in [1.54, 1.807) is 0 Å². The van der Waals surface area contributed by atoms with Crippen molar-refractivity contribution in [3.05, 3.63) is 58.9 Å². The molecular formula is C18H16N4OS. The van der Waals surface area contributed by atoms with Crippen LogP contribution in [0.25, 0.3) is 11.5 Å². The molecule has 2 aromatic heterocycles. The average Bonchev–Trinajstić information content (AvgIpc) is 2.94. The van der Waals surface area contributed by atoms with E-state index < -0.39 is 0 Å². The molecule has 0 aliphatic heterocycles. The Hall–Kier alpha value is -2.65. The maximum atomic E-state index is 9.32. The smallest absolute Gasteiger partial charge is 0.226 e. The topological polar surface area (TPSA) is 75.6 Å². The number of rotatable bonds is 4. The molecule has 0 saturated carbocycles. The first kappa shape index (κ1) is 16.2. The Morgan fingerprint density at radius 3 is 2.54 bits per heavy atom. The van der Waals surface area contributed by atoms with Crippen molar-refractivity contribution < 1.29 is 4.42 Å². The molecule has 120 valence electrons. The molecule has 0 amide bonds. The molecule has 24 heavy (non-hydrogen) atoms. The van der Waals surface area contributed by atoms with Crippen LogP contribution in [0.5, 0.6) is 0 Å². The van der Waals surface area contributed by atoms with E-state index in [1.165, 1.54) is 11.8 Å². The summed E-state index contributed by atoms with van der Waals surface area (Å²) in [7, 11) is 0. The molecule has 2 heterocycles. The van der Waals surface area contributed by atoms with Crippen LogP contribution >= 0.6 is 11.8 Å². The van der Waals surface area contributed by atoms with Gasteiger partial charge in [0.25, 0.3) is 0 Å². The number of aryl methyl sites for hydroxylation is 3. The summed E-state index contributed by atoms with van der Waals surface area (Å²) in [5.41, 5.74) is 3.03. The summed E-state index contributed by atoms with van der Waals surface area (Å²) in [6, 6.07) is 12.0. The summed E-state index contributed by atoms with van der Waals surface area (Å²) in [5, 5.41) is 10.0. The normalized spacial score (nSPS) is 10.6. The molecule has 0 aliphatic carbocycles. The molecule has 0 radical (unpaired) electrons. The van der Waals surface area contributed by atoms with Crippen LogP contribution in [0.4, 0.5) is 0 Å². The third-order valence-electron chi connectivity index (χ3n) is 3.54. The van der Waals surface area contributed by atoms with Gasteiger partial charge in [-0.15, -0.1) is 0 Å². The van der Waals surface area contributed by atoms with Gasteiger partial charge < -0.3 is 4.42 Å². The second-order valence-electron chi connectivity index (χ2n) is 5.32. The highest BCUT2D eigenvalue weighted by molar-refractivity contribution is 7.98. The second-order valence-corrected chi connectivity index (χ2v) is 6.29. The Bertz CT molecular complexity index is 913. The quantitative estimate of drug-likeness (QED) is 0.524. The summed E-state index contributed by atoms with van der Waals surface area (Å²) >= 11 is 1.48. The lowest BCUT2D eigenvalue weighted by Gasteiger charge is -2.05. The third-order valence-corrected chi connectivity index (χ3v) is 4.53. The molecule has 3 rings (SSSR count). The monoisotopic (exact) mass is 336 g/mol. The van der Waals surface area contributed by atoms with Gasteiger partial charge in [0, 0.05) is 11.3 Å². The molecule has 0 fully saturated rings. The van der Waals surface area contributed by atoms with Gasteiger partial charge in [-0.05, 0) is 32.9 Å². The van der Waals surface area contributed by atoms with Gasteiger partial charge in [-0.3, -0.25) is 0 Å². The first-order chi connectivity index (χ1) is 11.6. The van der Waals surface area contributed by atoms with Gasteiger partial charge in [-0.1, -0.05) is 30.0 Å². The van der Waals surface area contributed by atoms with Gasteiger partial charge in [-0.25, -0.2) is 15.0 Å². The van der Waals surface area contributed by atoms with Crippen molar-refractivity contribution in [2.45, 2.75) is 31.6 Å². The van der Waals surface area contributed by atoms with E-state index in [0.29, 0.717) is 33.8 Å². The zero-order valence-corrected chi connectivity index (χ0v) is 14.5. The van der Waals surface area contributed by atoms with Gasteiger partial charge >= 0.3 is 0 Å². The molecular weight excluding hydrogens is 320 g/mol. The van der Waals surface area contributed by atoms with Crippen LogP contribution < -0.4 is 0 Å². The minimum Gasteiger partial charge on any atom is -0.441 e. The number of nitrogens with zero attached hydrogens (tertiary/aromatic N) is 4. The number of hydrogen-bond acceptors (Lipinski definition) is 6. The number of thioether (sulfide) groups is 1. The van der Waals surface area contributed by atoms with Crippen LogP contribution in [-0.2, 0) is 5.75 Å². The van der Waals surface area contributed by atoms with E-state index in [9.17, 15) is 5.26 Å². The minimum atomic E-state index is 0.523. The number of oxazole rings is 1. The summed E-state index contributed by atoms with van der Waals surface area (Å²) in [6.45, 7) is 5.55. The molecule has 6 heteroatoms. The van der Waals surface area contributed by atoms with Gasteiger partial charge in [0.1, 0.15) is 28.2 Å². The van der Waals surface area contributed by atoms with Crippen LogP contribution in [0.1, 0.15) is 28.5 Å². The van der Waals surface area contributed by atoms with Gasteiger partial charge in [0.15, 0.2) is 0 Å². The third kappa shape index (κ3) is 3.31. The fourth-order valence-electron chi connectivity index (χ4n) is 2.32. The number of aromatic nitrogens is 3. The molecule has 0 bridgehead atoms. The van der Waals surface area contributed by atoms with E-state index >= 15 is 0 Å². The highest BCUT2D eigenvalue weighted by Crippen LogP contribution is 2.29. The van der Waals surface area contributed by atoms with Crippen molar-refractivity contribution in [2.24, 2.45) is 0 Å². The van der Waals surface area contributed by atoms with E-state index in [1.807, 2.05) is 51.1 Å². The highest BCUT2D eigenvalue weighted by atomic mass is 32.2. The predicted octanol–water partition coefficient (Wildman–Crippen LogP) is 4.22. The molecule has 0 aliphatic rings. The van der Waals surface area contributed by atoms with Gasteiger partial charge in [0.2, 0.25) is 5.89 Å². The van der Waals surface area contributed by atoms with Crippen molar-refractivity contribution in [1.29, 1.82) is 5.26 Å². The van der Waals surface area contributed by atoms with Crippen molar-refractivity contribution in [3.8, 4) is 17.5 Å². The summed E-state index contributed by atoms with van der Waals surface area (Å²) < 4.78 is 5.77. The maximum absolute atomic E-state index is 9.32. The van der Waals surface area contributed by atoms with Crippen LogP contribution in [0, 0.1) is 32.1 Å². The van der Waals surface area contributed by atoms with E-state index in [-0.39, 0.29) is 0 Å². The van der Waals surface area contributed by atoms with Crippen LogP contribution in [0.15, 0.2) is 39.8 Å². The zero-order chi connectivity index (χ0) is 17.1. The first-order valence-electron chi connectivity index (χ1n) is 7.48. The van der Waals surface area contributed by atoms with Crippen molar-refractivity contribution >= 4 is 11.8 Å². The minimum absolute atomic E-state index is 0.523. The summed E-state index contributed by atoms with van der Waals surface area (Å²) in [4.78, 5) is 13.2. The van der Waals surface area contributed by atoms with Gasteiger partial charge in [-0.2, -0.15) is 5.26 Å². The summed E-state index contributed by atoms with van der Waals surface area (Å²) in [6.07, 6.45) is 0. The fourth-order valence-corrected chi connectivity index (χ4v) is 3.39. The molecule has 1 aromatic carbocycles. The Kier molecular flexibility index (Phi) is 4.63. The largest absolute Gasteiger partial charge is 0.441 e. The Labute approximate surface area is 144 Å². The van der Waals surface area contributed by atoms with E-state index in [2.05, 4.69) is 21.0 Å². The lowest BCUT2D eigenvalue weighted by atomic mass is 10.2. The van der Waals surface area contributed by atoms with Crippen molar-refractivity contribution in [2.75, 3.05) is 0 Å². The van der Waals surface area contributed by atoms with E-state index in [4.69, 9.17) is 4.42 Å².